The number of amides is 1. The number of nitrogens with one attached hydrogen (secondary N) is 1. The second kappa shape index (κ2) is 7.91. The molecule has 0 fully saturated rings. The number of imidazole rings is 2. The fraction of sp³-hybridized carbons (Fsp3) is 0.292. The predicted octanol–water partition coefficient (Wildman–Crippen LogP) is 3.66. The average molecular weight is 415 g/mol. The first kappa shape index (κ1) is 19.4. The predicted molar refractivity (Wildman–Crippen MR) is 121 cm³/mol. The normalized spacial score (nSPS) is 13.3. The van der Waals surface area contributed by atoms with E-state index in [2.05, 4.69) is 16.1 Å². The molecule has 7 nitrogen and oxygen atoms in total. The number of aryl methyl sites for hydroxylation is 3. The van der Waals surface area contributed by atoms with Crippen molar-refractivity contribution in [3.05, 3.63) is 71.0 Å². The maximum atomic E-state index is 12.8. The summed E-state index contributed by atoms with van der Waals surface area (Å²) >= 11 is 0. The molecule has 1 N–H and O–H groups in total. The number of carbonyl (C=O) groups is 1. The lowest BCUT2D eigenvalue weighted by Crippen LogP contribution is -2.29. The van der Waals surface area contributed by atoms with E-state index in [1.54, 1.807) is 4.57 Å². The molecule has 0 aliphatic carbocycles. The van der Waals surface area contributed by atoms with Crippen molar-refractivity contribution in [3.63, 3.8) is 0 Å². The van der Waals surface area contributed by atoms with Crippen LogP contribution in [0.3, 0.4) is 0 Å². The van der Waals surface area contributed by atoms with E-state index in [0.717, 1.165) is 41.1 Å². The Morgan fingerprint density at radius 2 is 1.87 bits per heavy atom. The highest BCUT2D eigenvalue weighted by Crippen LogP contribution is 2.25. The summed E-state index contributed by atoms with van der Waals surface area (Å²) in [5.74, 6) is 0.893. The van der Waals surface area contributed by atoms with Gasteiger partial charge in [0.25, 0.3) is 0 Å². The second-order valence-corrected chi connectivity index (χ2v) is 7.92. The molecule has 4 aromatic rings. The molecule has 7 heteroatoms. The first-order valence-corrected chi connectivity index (χ1v) is 10.8. The highest BCUT2D eigenvalue weighted by molar-refractivity contribution is 5.92. The number of fused-ring (bicyclic) bond motifs is 2. The molecule has 0 atom stereocenters. The van der Waals surface area contributed by atoms with Gasteiger partial charge in [0.05, 0.1) is 16.7 Å². The van der Waals surface area contributed by atoms with Crippen LogP contribution in [-0.2, 0) is 30.8 Å². The molecule has 5 rings (SSSR count). The Kier molecular flexibility index (Phi) is 4.94. The first-order valence-electron chi connectivity index (χ1n) is 10.8. The van der Waals surface area contributed by atoms with Crippen LogP contribution < -0.4 is 11.0 Å². The molecule has 0 radical (unpaired) electrons. The summed E-state index contributed by atoms with van der Waals surface area (Å²) in [5.41, 5.74) is 4.03. The van der Waals surface area contributed by atoms with Crippen LogP contribution >= 0.6 is 0 Å². The number of para-hydroxylation sites is 2. The molecule has 2 aromatic carbocycles. The Hall–Kier alpha value is -3.61. The van der Waals surface area contributed by atoms with Crippen LogP contribution in [0, 0.1) is 0 Å². The number of aromatic nitrogens is 4. The van der Waals surface area contributed by atoms with Crippen molar-refractivity contribution in [1.29, 1.82) is 0 Å². The Morgan fingerprint density at radius 1 is 1.06 bits per heavy atom. The number of rotatable bonds is 5. The van der Waals surface area contributed by atoms with E-state index in [4.69, 9.17) is 4.98 Å². The van der Waals surface area contributed by atoms with Gasteiger partial charge in [-0.15, -0.1) is 0 Å². The fourth-order valence-corrected chi connectivity index (χ4v) is 4.38. The summed E-state index contributed by atoms with van der Waals surface area (Å²) in [7, 11) is 0. The summed E-state index contributed by atoms with van der Waals surface area (Å²) in [6.07, 6.45) is 5.47. The van der Waals surface area contributed by atoms with Gasteiger partial charge in [-0.05, 0) is 44.0 Å². The van der Waals surface area contributed by atoms with Crippen LogP contribution in [-0.4, -0.2) is 24.6 Å². The quantitative estimate of drug-likeness (QED) is 0.541. The van der Waals surface area contributed by atoms with Crippen LogP contribution in [0.1, 0.15) is 25.6 Å². The minimum atomic E-state index is -0.234. The van der Waals surface area contributed by atoms with Gasteiger partial charge >= 0.3 is 5.69 Å². The Balaban J connectivity index is 1.38. The Bertz CT molecular complexity index is 1300. The standard InChI is InChI=1S/C24H25N5O2/c1-2-28-20-10-3-4-11-21(20)29(24(28)31)16-23(30)25-18-9-7-8-17(14-18)19-15-27-13-6-5-12-22(27)26-19/h3-4,7-11,14-15H,2,5-6,12-13,16H2,1H3,(H,25,30). The molecule has 0 spiro atoms. The lowest BCUT2D eigenvalue weighted by molar-refractivity contribution is -0.116. The van der Waals surface area contributed by atoms with Gasteiger partial charge in [0.1, 0.15) is 12.4 Å². The van der Waals surface area contributed by atoms with Crippen LogP contribution in [0.4, 0.5) is 5.69 Å². The van der Waals surface area contributed by atoms with E-state index in [1.165, 1.54) is 17.4 Å². The van der Waals surface area contributed by atoms with Crippen molar-refractivity contribution in [2.24, 2.45) is 0 Å². The summed E-state index contributed by atoms with van der Waals surface area (Å²) in [6.45, 7) is 3.47. The van der Waals surface area contributed by atoms with Crippen molar-refractivity contribution in [1.82, 2.24) is 18.7 Å². The van der Waals surface area contributed by atoms with Gasteiger partial charge in [0.2, 0.25) is 5.91 Å². The summed E-state index contributed by atoms with van der Waals surface area (Å²) < 4.78 is 5.44. The Labute approximate surface area is 180 Å². The van der Waals surface area contributed by atoms with Gasteiger partial charge in [0.15, 0.2) is 0 Å². The molecule has 3 heterocycles. The molecule has 158 valence electrons. The number of benzene rings is 2. The maximum Gasteiger partial charge on any atom is 0.329 e. The van der Waals surface area contributed by atoms with E-state index in [-0.39, 0.29) is 18.1 Å². The highest BCUT2D eigenvalue weighted by atomic mass is 16.2. The number of nitrogens with zero attached hydrogens (tertiary/aromatic N) is 4. The summed E-state index contributed by atoms with van der Waals surface area (Å²) in [4.78, 5) is 30.3. The zero-order chi connectivity index (χ0) is 21.4. The van der Waals surface area contributed by atoms with Crippen molar-refractivity contribution in [3.8, 4) is 11.3 Å². The largest absolute Gasteiger partial charge is 0.334 e. The molecular formula is C24H25N5O2. The summed E-state index contributed by atoms with van der Waals surface area (Å²) in [6, 6.07) is 15.3. The average Bonchev–Trinajstić information content (AvgIpc) is 3.33. The van der Waals surface area contributed by atoms with Gasteiger partial charge in [0, 0.05) is 37.0 Å². The molecule has 0 saturated heterocycles. The number of hydrogen-bond donors (Lipinski definition) is 1. The SMILES string of the molecule is CCn1c(=O)n(CC(=O)Nc2cccc(-c3cn4c(n3)CCCC4)c2)c2ccccc21. The zero-order valence-corrected chi connectivity index (χ0v) is 17.5. The highest BCUT2D eigenvalue weighted by Gasteiger charge is 2.16. The topological polar surface area (TPSA) is 73.8 Å². The van der Waals surface area contributed by atoms with Gasteiger partial charge < -0.3 is 9.88 Å². The Morgan fingerprint density at radius 3 is 2.65 bits per heavy atom. The minimum Gasteiger partial charge on any atom is -0.334 e. The third-order valence-corrected chi connectivity index (χ3v) is 5.89. The number of carbonyl (C=O) groups excluding carboxylic acids is 1. The van der Waals surface area contributed by atoms with Crippen LogP contribution in [0.5, 0.6) is 0 Å². The lowest BCUT2D eigenvalue weighted by atomic mass is 10.1. The van der Waals surface area contributed by atoms with Crippen molar-refractivity contribution in [2.45, 2.75) is 45.8 Å². The van der Waals surface area contributed by atoms with Gasteiger partial charge in [-0.25, -0.2) is 9.78 Å². The number of anilines is 1. The monoisotopic (exact) mass is 415 g/mol. The van der Waals surface area contributed by atoms with Crippen LogP contribution in [0.25, 0.3) is 22.3 Å². The second-order valence-electron chi connectivity index (χ2n) is 7.92. The van der Waals surface area contributed by atoms with Crippen molar-refractivity contribution < 1.29 is 4.79 Å². The first-order chi connectivity index (χ1) is 15.1. The maximum absolute atomic E-state index is 12.8. The smallest absolute Gasteiger partial charge is 0.329 e. The molecule has 0 saturated carbocycles. The molecule has 1 aliphatic rings. The summed E-state index contributed by atoms with van der Waals surface area (Å²) in [5, 5.41) is 2.94. The van der Waals surface area contributed by atoms with Crippen LogP contribution in [0.15, 0.2) is 59.5 Å². The van der Waals surface area contributed by atoms with E-state index in [0.29, 0.717) is 12.2 Å². The molecule has 0 bridgehead atoms. The van der Waals surface area contributed by atoms with Gasteiger partial charge in [-0.3, -0.25) is 13.9 Å². The molecule has 31 heavy (non-hydrogen) atoms. The third-order valence-electron chi connectivity index (χ3n) is 5.89. The molecule has 0 unspecified atom stereocenters. The zero-order valence-electron chi connectivity index (χ0n) is 17.5. The van der Waals surface area contributed by atoms with E-state index >= 15 is 0 Å². The molecular weight excluding hydrogens is 390 g/mol. The van der Waals surface area contributed by atoms with Crippen LogP contribution in [0.2, 0.25) is 0 Å². The molecule has 1 aliphatic heterocycles. The molecule has 2 aromatic heterocycles. The van der Waals surface area contributed by atoms with Gasteiger partial charge in [-0.2, -0.15) is 0 Å². The van der Waals surface area contributed by atoms with Crippen molar-refractivity contribution >= 4 is 22.6 Å². The van der Waals surface area contributed by atoms with Crippen molar-refractivity contribution in [2.75, 3.05) is 5.32 Å². The van der Waals surface area contributed by atoms with Gasteiger partial charge in [-0.1, -0.05) is 24.3 Å². The van der Waals surface area contributed by atoms with E-state index in [9.17, 15) is 9.59 Å². The molecule has 1 amide bonds. The van der Waals surface area contributed by atoms with E-state index < -0.39 is 0 Å². The third kappa shape index (κ3) is 3.56. The lowest BCUT2D eigenvalue weighted by Gasteiger charge is -2.11. The minimum absolute atomic E-state index is 0.0324. The number of hydrogen-bond acceptors (Lipinski definition) is 3. The fourth-order valence-electron chi connectivity index (χ4n) is 4.38. The van der Waals surface area contributed by atoms with E-state index in [1.807, 2.05) is 55.5 Å².